The number of azo groups is 1. The van der Waals surface area contributed by atoms with Gasteiger partial charge in [0, 0.05) is 25.7 Å². The first-order chi connectivity index (χ1) is 16.0. The van der Waals surface area contributed by atoms with Gasteiger partial charge < -0.3 is 20.4 Å². The number of aliphatic hydroxyl groups is 2. The second-order valence-electron chi connectivity index (χ2n) is 7.38. The highest BCUT2D eigenvalue weighted by molar-refractivity contribution is 5.93. The molecule has 172 valence electrons. The van der Waals surface area contributed by atoms with Gasteiger partial charge in [0.05, 0.1) is 30.0 Å². The Balaban J connectivity index is 2.49. The Kier molecular flexibility index (Phi) is 9.97. The SMILES string of the molecule is CCCCc1cc(C#N)c(/N=N/c2ccc(N(CCO)CCO)cc2NC(C)=O)c(C#N)c1. The van der Waals surface area contributed by atoms with Crippen LogP contribution < -0.4 is 10.2 Å². The number of aliphatic hydroxyl groups excluding tert-OH is 2. The van der Waals surface area contributed by atoms with Gasteiger partial charge in [-0.3, -0.25) is 4.79 Å². The van der Waals surface area contributed by atoms with Crippen molar-refractivity contribution in [2.75, 3.05) is 36.5 Å². The maximum atomic E-state index is 11.7. The molecular weight excluding hydrogens is 420 g/mol. The molecule has 3 N–H and O–H groups in total. The van der Waals surface area contributed by atoms with E-state index in [4.69, 9.17) is 0 Å². The van der Waals surface area contributed by atoms with Gasteiger partial charge >= 0.3 is 0 Å². The Morgan fingerprint density at radius 3 is 2.21 bits per heavy atom. The van der Waals surface area contributed by atoms with Crippen molar-refractivity contribution < 1.29 is 15.0 Å². The van der Waals surface area contributed by atoms with Crippen molar-refractivity contribution in [3.8, 4) is 12.1 Å². The fourth-order valence-corrected chi connectivity index (χ4v) is 3.31. The van der Waals surface area contributed by atoms with E-state index in [0.717, 1.165) is 24.8 Å². The summed E-state index contributed by atoms with van der Waals surface area (Å²) in [5.74, 6) is -0.310. The fourth-order valence-electron chi connectivity index (χ4n) is 3.31. The summed E-state index contributed by atoms with van der Waals surface area (Å²) in [6.07, 6.45) is 2.72. The van der Waals surface area contributed by atoms with Crippen LogP contribution in [0.25, 0.3) is 0 Å². The number of carbonyl (C=O) groups is 1. The summed E-state index contributed by atoms with van der Waals surface area (Å²) in [5, 5.41) is 48.9. The molecule has 2 aromatic carbocycles. The molecule has 0 aliphatic rings. The number of rotatable bonds is 11. The highest BCUT2D eigenvalue weighted by Crippen LogP contribution is 2.33. The topological polar surface area (TPSA) is 145 Å². The minimum atomic E-state index is -0.310. The molecule has 33 heavy (non-hydrogen) atoms. The van der Waals surface area contributed by atoms with E-state index < -0.39 is 0 Å². The minimum absolute atomic E-state index is 0.0982. The lowest BCUT2D eigenvalue weighted by Crippen LogP contribution is -2.29. The van der Waals surface area contributed by atoms with Crippen molar-refractivity contribution in [1.29, 1.82) is 10.5 Å². The molecule has 0 radical (unpaired) electrons. The van der Waals surface area contributed by atoms with Gasteiger partial charge in [0.25, 0.3) is 0 Å². The Hall–Kier alpha value is -3.79. The molecule has 1 amide bonds. The van der Waals surface area contributed by atoms with Gasteiger partial charge in [-0.1, -0.05) is 13.3 Å². The van der Waals surface area contributed by atoms with Crippen LogP contribution in [0.2, 0.25) is 0 Å². The van der Waals surface area contributed by atoms with E-state index in [9.17, 15) is 25.5 Å². The molecule has 0 saturated heterocycles. The van der Waals surface area contributed by atoms with Crippen LogP contribution in [0, 0.1) is 22.7 Å². The number of carbonyl (C=O) groups excluding carboxylic acids is 1. The monoisotopic (exact) mass is 448 g/mol. The number of amides is 1. The Morgan fingerprint density at radius 2 is 1.70 bits per heavy atom. The van der Waals surface area contributed by atoms with Crippen LogP contribution in [0.3, 0.4) is 0 Å². The Labute approximate surface area is 193 Å². The zero-order chi connectivity index (χ0) is 24.2. The fraction of sp³-hybridized carbons (Fsp3) is 0.375. The number of unbranched alkanes of at least 4 members (excludes halogenated alkanes) is 1. The number of nitriles is 2. The number of nitrogens with one attached hydrogen (secondary N) is 1. The molecule has 0 aromatic heterocycles. The molecule has 0 spiro atoms. The molecule has 0 fully saturated rings. The summed E-state index contributed by atoms with van der Waals surface area (Å²) in [7, 11) is 0. The largest absolute Gasteiger partial charge is 0.395 e. The van der Waals surface area contributed by atoms with Gasteiger partial charge in [0.15, 0.2) is 0 Å². The van der Waals surface area contributed by atoms with E-state index in [1.807, 2.05) is 0 Å². The summed E-state index contributed by atoms with van der Waals surface area (Å²) in [6.45, 7) is 3.86. The number of benzene rings is 2. The van der Waals surface area contributed by atoms with Crippen LogP contribution in [0.4, 0.5) is 22.7 Å². The van der Waals surface area contributed by atoms with Crippen LogP contribution in [0.5, 0.6) is 0 Å². The van der Waals surface area contributed by atoms with Crippen LogP contribution in [0.1, 0.15) is 43.4 Å². The highest BCUT2D eigenvalue weighted by Gasteiger charge is 2.13. The van der Waals surface area contributed by atoms with Crippen molar-refractivity contribution in [2.24, 2.45) is 10.2 Å². The molecule has 2 aromatic rings. The quantitative estimate of drug-likeness (QED) is 0.444. The van der Waals surface area contributed by atoms with Crippen molar-refractivity contribution in [1.82, 2.24) is 0 Å². The lowest BCUT2D eigenvalue weighted by atomic mass is 10.0. The van der Waals surface area contributed by atoms with Gasteiger partial charge in [0.1, 0.15) is 23.5 Å². The second kappa shape index (κ2) is 12.9. The normalized spacial score (nSPS) is 10.6. The molecule has 2 rings (SSSR count). The molecule has 0 saturated carbocycles. The van der Waals surface area contributed by atoms with E-state index >= 15 is 0 Å². The summed E-state index contributed by atoms with van der Waals surface area (Å²) in [5.41, 5.74) is 3.00. The second-order valence-corrected chi connectivity index (χ2v) is 7.38. The van der Waals surface area contributed by atoms with Gasteiger partial charge in [-0.2, -0.15) is 10.5 Å². The smallest absolute Gasteiger partial charge is 0.221 e. The zero-order valence-electron chi connectivity index (χ0n) is 18.9. The first-order valence-electron chi connectivity index (χ1n) is 10.7. The van der Waals surface area contributed by atoms with Gasteiger partial charge in [-0.05, 0) is 48.7 Å². The Bertz CT molecular complexity index is 1040. The molecule has 9 nitrogen and oxygen atoms in total. The molecule has 0 unspecified atom stereocenters. The van der Waals surface area contributed by atoms with Crippen molar-refractivity contribution >= 4 is 28.7 Å². The number of nitrogens with zero attached hydrogens (tertiary/aromatic N) is 5. The average Bonchev–Trinajstić information content (AvgIpc) is 2.81. The number of hydrogen-bond donors (Lipinski definition) is 3. The van der Waals surface area contributed by atoms with E-state index in [0.29, 0.717) is 30.2 Å². The molecule has 0 atom stereocenters. The molecule has 0 aliphatic heterocycles. The van der Waals surface area contributed by atoms with Gasteiger partial charge in [0.2, 0.25) is 5.91 Å². The lowest BCUT2D eigenvalue weighted by molar-refractivity contribution is -0.114. The standard InChI is InChI=1S/C24H28N6O3/c1-3-4-5-18-12-19(15-25)24(20(13-18)16-26)29-28-22-7-6-21(14-23(22)27-17(2)33)30(8-10-31)9-11-32/h6-7,12-14,31-32H,3-5,8-11H2,1-2H3,(H,27,33)/b29-28+. The van der Waals surface area contributed by atoms with Crippen molar-refractivity contribution in [3.05, 3.63) is 47.0 Å². The maximum absolute atomic E-state index is 11.7. The van der Waals surface area contributed by atoms with Crippen LogP contribution in [-0.4, -0.2) is 42.4 Å². The lowest BCUT2D eigenvalue weighted by Gasteiger charge is -2.23. The molecule has 0 heterocycles. The van der Waals surface area contributed by atoms with Crippen molar-refractivity contribution in [2.45, 2.75) is 33.1 Å². The molecule has 9 heteroatoms. The number of anilines is 2. The van der Waals surface area contributed by atoms with Crippen LogP contribution >= 0.6 is 0 Å². The van der Waals surface area contributed by atoms with E-state index in [1.54, 1.807) is 35.2 Å². The first-order valence-corrected chi connectivity index (χ1v) is 10.7. The van der Waals surface area contributed by atoms with Crippen molar-refractivity contribution in [3.63, 3.8) is 0 Å². The predicted octanol–water partition coefficient (Wildman–Crippen LogP) is 3.94. The van der Waals surface area contributed by atoms with E-state index in [2.05, 4.69) is 34.6 Å². The third kappa shape index (κ3) is 7.11. The molecule has 0 aliphatic carbocycles. The summed E-state index contributed by atoms with van der Waals surface area (Å²) in [6, 6.07) is 12.7. The summed E-state index contributed by atoms with van der Waals surface area (Å²) >= 11 is 0. The maximum Gasteiger partial charge on any atom is 0.221 e. The average molecular weight is 449 g/mol. The molecule has 0 bridgehead atoms. The first kappa shape index (κ1) is 25.5. The Morgan fingerprint density at radius 1 is 1.06 bits per heavy atom. The third-order valence-electron chi connectivity index (χ3n) is 4.88. The van der Waals surface area contributed by atoms with E-state index in [1.165, 1.54) is 6.92 Å². The minimum Gasteiger partial charge on any atom is -0.395 e. The van der Waals surface area contributed by atoms with Gasteiger partial charge in [-0.15, -0.1) is 10.2 Å². The number of hydrogen-bond acceptors (Lipinski definition) is 8. The summed E-state index contributed by atoms with van der Waals surface area (Å²) < 4.78 is 0. The predicted molar refractivity (Wildman–Crippen MR) is 126 cm³/mol. The number of aryl methyl sites for hydroxylation is 1. The summed E-state index contributed by atoms with van der Waals surface area (Å²) in [4.78, 5) is 13.5. The molecular formula is C24H28N6O3. The van der Waals surface area contributed by atoms with Crippen LogP contribution in [-0.2, 0) is 11.2 Å². The van der Waals surface area contributed by atoms with E-state index in [-0.39, 0.29) is 35.9 Å². The van der Waals surface area contributed by atoms with Crippen LogP contribution in [0.15, 0.2) is 40.6 Å². The van der Waals surface area contributed by atoms with Gasteiger partial charge in [-0.25, -0.2) is 0 Å². The highest BCUT2D eigenvalue weighted by atomic mass is 16.3. The zero-order valence-corrected chi connectivity index (χ0v) is 18.9. The third-order valence-corrected chi connectivity index (χ3v) is 4.88.